The van der Waals surface area contributed by atoms with E-state index in [0.717, 1.165) is 5.39 Å². The van der Waals surface area contributed by atoms with Gasteiger partial charge in [0.25, 0.3) is 5.56 Å². The van der Waals surface area contributed by atoms with Gasteiger partial charge in [0.15, 0.2) is 0 Å². The first kappa shape index (κ1) is 17.6. The lowest BCUT2D eigenvalue weighted by Gasteiger charge is -2.25. The van der Waals surface area contributed by atoms with Crippen molar-refractivity contribution in [3.8, 4) is 0 Å². The van der Waals surface area contributed by atoms with Crippen LogP contribution in [0, 0.1) is 0 Å². The van der Waals surface area contributed by atoms with E-state index in [4.69, 9.17) is 0 Å². The maximum absolute atomic E-state index is 11.1. The second-order valence-corrected chi connectivity index (χ2v) is 7.54. The van der Waals surface area contributed by atoms with Gasteiger partial charge < -0.3 is 4.98 Å². The van der Waals surface area contributed by atoms with Gasteiger partial charge in [-0.15, -0.1) is 0 Å². The summed E-state index contributed by atoms with van der Waals surface area (Å²) in [5, 5.41) is 4.37. The predicted molar refractivity (Wildman–Crippen MR) is 120 cm³/mol. The Kier molecular flexibility index (Phi) is 4.57. The van der Waals surface area contributed by atoms with Crippen LogP contribution in [0.5, 0.6) is 0 Å². The number of aryl methyl sites for hydroxylation is 1. The van der Waals surface area contributed by atoms with Crippen molar-refractivity contribution in [2.75, 3.05) is 0 Å². The number of allylic oxidation sites excluding steroid dienone is 4. The fourth-order valence-corrected chi connectivity index (χ4v) is 4.42. The van der Waals surface area contributed by atoms with E-state index in [1.165, 1.54) is 47.6 Å². The summed E-state index contributed by atoms with van der Waals surface area (Å²) in [6, 6.07) is 16.9. The van der Waals surface area contributed by atoms with E-state index in [9.17, 15) is 4.79 Å². The van der Waals surface area contributed by atoms with E-state index in [-0.39, 0.29) is 5.56 Å². The summed E-state index contributed by atoms with van der Waals surface area (Å²) in [5.41, 5.74) is 6.14. The Morgan fingerprint density at radius 1 is 0.862 bits per heavy atom. The SMILES string of the molecule is C1=CC2=C(CC1)CCc1c2ccc2ccccc12.O=c1[nH]ccc2cnccc12. The number of hydrogen-bond donors (Lipinski definition) is 1. The molecule has 29 heavy (non-hydrogen) atoms. The molecule has 0 amide bonds. The van der Waals surface area contributed by atoms with Crippen molar-refractivity contribution in [3.05, 3.63) is 106 Å². The zero-order valence-electron chi connectivity index (χ0n) is 16.2. The first-order chi connectivity index (χ1) is 14.3. The number of aromatic nitrogens is 2. The number of H-pyrrole nitrogens is 1. The zero-order chi connectivity index (χ0) is 19.6. The minimum atomic E-state index is -0.0649. The normalized spacial score (nSPS) is 14.9. The Morgan fingerprint density at radius 2 is 1.79 bits per heavy atom. The van der Waals surface area contributed by atoms with Crippen LogP contribution in [0.4, 0.5) is 0 Å². The summed E-state index contributed by atoms with van der Waals surface area (Å²) in [6.45, 7) is 0. The Labute approximate surface area is 169 Å². The zero-order valence-corrected chi connectivity index (χ0v) is 16.2. The van der Waals surface area contributed by atoms with Crippen molar-refractivity contribution in [2.45, 2.75) is 25.7 Å². The molecule has 0 atom stereocenters. The van der Waals surface area contributed by atoms with Gasteiger partial charge in [-0.1, -0.05) is 54.1 Å². The summed E-state index contributed by atoms with van der Waals surface area (Å²) in [7, 11) is 0. The topological polar surface area (TPSA) is 45.8 Å². The molecule has 3 nitrogen and oxygen atoms in total. The maximum atomic E-state index is 11.1. The minimum Gasteiger partial charge on any atom is -0.329 e. The molecule has 0 unspecified atom stereocenters. The largest absolute Gasteiger partial charge is 0.329 e. The molecule has 4 aromatic rings. The fraction of sp³-hybridized carbons (Fsp3) is 0.154. The average molecular weight is 378 g/mol. The number of pyridine rings is 2. The highest BCUT2D eigenvalue weighted by atomic mass is 16.1. The molecule has 0 saturated heterocycles. The van der Waals surface area contributed by atoms with E-state index in [1.807, 2.05) is 6.07 Å². The number of fused-ring (bicyclic) bond motifs is 5. The average Bonchev–Trinajstić information content (AvgIpc) is 2.79. The molecule has 1 N–H and O–H groups in total. The van der Waals surface area contributed by atoms with Gasteiger partial charge in [0, 0.05) is 24.0 Å². The molecule has 2 aliphatic carbocycles. The number of aromatic amines is 1. The molecule has 2 aromatic heterocycles. The van der Waals surface area contributed by atoms with E-state index in [1.54, 1.807) is 35.8 Å². The second-order valence-electron chi connectivity index (χ2n) is 7.54. The van der Waals surface area contributed by atoms with Crippen LogP contribution >= 0.6 is 0 Å². The van der Waals surface area contributed by atoms with Gasteiger partial charge in [0.1, 0.15) is 0 Å². The maximum Gasteiger partial charge on any atom is 0.255 e. The molecule has 0 bridgehead atoms. The van der Waals surface area contributed by atoms with E-state index in [2.05, 4.69) is 58.5 Å². The molecule has 2 aromatic carbocycles. The second kappa shape index (κ2) is 7.51. The lowest BCUT2D eigenvalue weighted by Crippen LogP contribution is -2.06. The molecule has 0 spiro atoms. The lowest BCUT2D eigenvalue weighted by atomic mass is 9.80. The van der Waals surface area contributed by atoms with Gasteiger partial charge >= 0.3 is 0 Å². The summed E-state index contributed by atoms with van der Waals surface area (Å²) in [5.74, 6) is 0. The van der Waals surface area contributed by atoms with Crippen LogP contribution in [0.3, 0.4) is 0 Å². The van der Waals surface area contributed by atoms with Crippen LogP contribution in [0.15, 0.2) is 89.6 Å². The number of rotatable bonds is 0. The van der Waals surface area contributed by atoms with Gasteiger partial charge in [0.2, 0.25) is 0 Å². The third kappa shape index (κ3) is 3.29. The highest BCUT2D eigenvalue weighted by Gasteiger charge is 2.20. The summed E-state index contributed by atoms with van der Waals surface area (Å²) < 4.78 is 0. The van der Waals surface area contributed by atoms with E-state index >= 15 is 0 Å². The fourth-order valence-electron chi connectivity index (χ4n) is 4.42. The smallest absolute Gasteiger partial charge is 0.255 e. The highest BCUT2D eigenvalue weighted by Crippen LogP contribution is 2.39. The Morgan fingerprint density at radius 3 is 2.72 bits per heavy atom. The van der Waals surface area contributed by atoms with E-state index < -0.39 is 0 Å². The number of nitrogens with zero attached hydrogens (tertiary/aromatic N) is 1. The van der Waals surface area contributed by atoms with Crippen molar-refractivity contribution in [3.63, 3.8) is 0 Å². The summed E-state index contributed by atoms with van der Waals surface area (Å²) in [4.78, 5) is 17.6. The Hall–Kier alpha value is -3.46. The molecular formula is C26H22N2O. The molecule has 0 aliphatic heterocycles. The van der Waals surface area contributed by atoms with Gasteiger partial charge in [-0.05, 0) is 65.3 Å². The Balaban J connectivity index is 0.000000142. The predicted octanol–water partition coefficient (Wildman–Crippen LogP) is 5.81. The third-order valence-electron chi connectivity index (χ3n) is 5.86. The lowest BCUT2D eigenvalue weighted by molar-refractivity contribution is 0.831. The molecule has 142 valence electrons. The number of benzene rings is 2. The van der Waals surface area contributed by atoms with Gasteiger partial charge in [-0.25, -0.2) is 0 Å². The monoisotopic (exact) mass is 378 g/mol. The summed E-state index contributed by atoms with van der Waals surface area (Å²) >= 11 is 0. The molecule has 0 radical (unpaired) electrons. The van der Waals surface area contributed by atoms with Crippen LogP contribution in [0.1, 0.15) is 30.4 Å². The quantitative estimate of drug-likeness (QED) is 0.419. The third-order valence-corrected chi connectivity index (χ3v) is 5.86. The van der Waals surface area contributed by atoms with Crippen molar-refractivity contribution in [1.82, 2.24) is 9.97 Å². The minimum absolute atomic E-state index is 0.0649. The van der Waals surface area contributed by atoms with Crippen LogP contribution in [0.2, 0.25) is 0 Å². The number of hydrogen-bond acceptors (Lipinski definition) is 2. The molecular weight excluding hydrogens is 356 g/mol. The molecule has 3 heteroatoms. The van der Waals surface area contributed by atoms with Crippen LogP contribution in [-0.4, -0.2) is 9.97 Å². The molecule has 0 saturated carbocycles. The standard InChI is InChI=1S/C18H16.C8H6N2O/c1-3-7-15-13(5-1)9-11-18-16-8-4-2-6-14(16)10-12-17(15)18;11-8-7-2-3-9-5-6(7)1-4-10-8/h1,3-5,7-9,11H,2,6,10,12H2;1-5H,(H,10,11). The van der Waals surface area contributed by atoms with Crippen molar-refractivity contribution < 1.29 is 0 Å². The molecule has 6 rings (SSSR count). The first-order valence-corrected chi connectivity index (χ1v) is 10.1. The van der Waals surface area contributed by atoms with Gasteiger partial charge in [-0.3, -0.25) is 9.78 Å². The van der Waals surface area contributed by atoms with Crippen molar-refractivity contribution >= 4 is 27.1 Å². The number of nitrogens with one attached hydrogen (secondary N) is 1. The van der Waals surface area contributed by atoms with Crippen molar-refractivity contribution in [1.29, 1.82) is 0 Å². The first-order valence-electron chi connectivity index (χ1n) is 10.1. The van der Waals surface area contributed by atoms with Crippen LogP contribution in [0.25, 0.3) is 27.1 Å². The van der Waals surface area contributed by atoms with Crippen molar-refractivity contribution in [2.24, 2.45) is 0 Å². The highest BCUT2D eigenvalue weighted by molar-refractivity contribution is 5.93. The van der Waals surface area contributed by atoms with Crippen LogP contribution in [-0.2, 0) is 6.42 Å². The Bertz CT molecular complexity index is 1320. The van der Waals surface area contributed by atoms with Crippen LogP contribution < -0.4 is 5.56 Å². The summed E-state index contributed by atoms with van der Waals surface area (Å²) in [6.07, 6.45) is 14.5. The van der Waals surface area contributed by atoms with E-state index in [0.29, 0.717) is 5.39 Å². The molecule has 2 aliphatic rings. The molecule has 2 heterocycles. The van der Waals surface area contributed by atoms with Gasteiger partial charge in [0.05, 0.1) is 5.39 Å². The molecule has 0 fully saturated rings. The van der Waals surface area contributed by atoms with Gasteiger partial charge in [-0.2, -0.15) is 0 Å².